The Morgan fingerprint density at radius 1 is 0.882 bits per heavy atom. The van der Waals surface area contributed by atoms with E-state index in [2.05, 4.69) is 10.2 Å². The maximum Gasteiger partial charge on any atom is 0.267 e. The molecule has 0 saturated heterocycles. The van der Waals surface area contributed by atoms with Crippen molar-refractivity contribution in [3.05, 3.63) is 98.8 Å². The zero-order chi connectivity index (χ0) is 24.0. The molecule has 2 aromatic heterocycles. The van der Waals surface area contributed by atoms with Crippen LogP contribution in [-0.2, 0) is 0 Å². The topological polar surface area (TPSA) is 69.3 Å². The Hall–Kier alpha value is -3.71. The number of aromatic nitrogens is 4. The first-order valence-electron chi connectivity index (χ1n) is 11.1. The molecule has 0 fully saturated rings. The highest BCUT2D eigenvalue weighted by Gasteiger charge is 2.20. The molecular weight excluding hydrogens is 444 g/mol. The number of hydrogen-bond acceptors (Lipinski definition) is 5. The Labute approximate surface area is 201 Å². The van der Waals surface area contributed by atoms with Gasteiger partial charge in [0.05, 0.1) is 22.3 Å². The van der Waals surface area contributed by atoms with Crippen molar-refractivity contribution in [3.63, 3.8) is 0 Å². The van der Waals surface area contributed by atoms with E-state index in [0.717, 1.165) is 33.5 Å². The van der Waals surface area contributed by atoms with Crippen molar-refractivity contribution in [2.45, 2.75) is 32.9 Å². The van der Waals surface area contributed by atoms with E-state index in [4.69, 9.17) is 0 Å². The number of hydrogen-bond donors (Lipinski definition) is 0. The molecule has 34 heavy (non-hydrogen) atoms. The monoisotopic (exact) mass is 468 g/mol. The Morgan fingerprint density at radius 2 is 1.62 bits per heavy atom. The number of fused-ring (bicyclic) bond motifs is 3. The molecule has 2 heterocycles. The average molecular weight is 469 g/mol. The van der Waals surface area contributed by atoms with Crippen LogP contribution in [0.15, 0.2) is 70.6 Å². The largest absolute Gasteiger partial charge is 0.293 e. The van der Waals surface area contributed by atoms with Crippen LogP contribution in [-0.4, -0.2) is 30.7 Å². The van der Waals surface area contributed by atoms with Gasteiger partial charge in [0.15, 0.2) is 10.9 Å². The number of aryl methyl sites for hydroxylation is 4. The Kier molecular flexibility index (Phi) is 5.57. The lowest BCUT2D eigenvalue weighted by molar-refractivity contribution is 0.102. The van der Waals surface area contributed by atoms with Crippen molar-refractivity contribution in [1.82, 2.24) is 19.2 Å². The minimum absolute atomic E-state index is 0.0339. The van der Waals surface area contributed by atoms with E-state index in [1.54, 1.807) is 4.57 Å². The standard InChI is InChI=1S/C27H24N4O2S/c1-16-12-13-20(19(4)14-16)23(32)15-34-27-29-28-26-30(27)22-11-6-5-10-21(22)25(33)31(26)24-17(2)8-7-9-18(24)3/h5-14H,15H2,1-4H3. The molecule has 0 aliphatic carbocycles. The highest BCUT2D eigenvalue weighted by molar-refractivity contribution is 7.99. The molecule has 5 aromatic rings. The van der Waals surface area contributed by atoms with Gasteiger partial charge >= 0.3 is 0 Å². The average Bonchev–Trinajstić information content (AvgIpc) is 3.23. The number of carbonyl (C=O) groups excluding carboxylic acids is 1. The summed E-state index contributed by atoms with van der Waals surface area (Å²) in [5, 5.41) is 9.95. The molecule has 0 unspecified atom stereocenters. The number of ketones is 1. The van der Waals surface area contributed by atoms with Gasteiger partial charge in [0.1, 0.15) is 0 Å². The second-order valence-corrected chi connectivity index (χ2v) is 9.49. The molecule has 0 amide bonds. The van der Waals surface area contributed by atoms with Crippen LogP contribution in [0.2, 0.25) is 0 Å². The van der Waals surface area contributed by atoms with Gasteiger partial charge in [-0.25, -0.2) is 4.57 Å². The quantitative estimate of drug-likeness (QED) is 0.261. The van der Waals surface area contributed by atoms with Gasteiger partial charge in [0.2, 0.25) is 5.78 Å². The molecule has 170 valence electrons. The van der Waals surface area contributed by atoms with E-state index in [1.165, 1.54) is 11.8 Å². The maximum atomic E-state index is 13.6. The molecule has 7 heteroatoms. The molecule has 6 nitrogen and oxygen atoms in total. The van der Waals surface area contributed by atoms with Crippen LogP contribution >= 0.6 is 11.8 Å². The lowest BCUT2D eigenvalue weighted by atomic mass is 10.0. The third-order valence-electron chi connectivity index (χ3n) is 6.07. The molecule has 0 saturated carbocycles. The van der Waals surface area contributed by atoms with E-state index >= 15 is 0 Å². The van der Waals surface area contributed by atoms with Crippen molar-refractivity contribution >= 4 is 34.2 Å². The fourth-order valence-electron chi connectivity index (χ4n) is 4.47. The number of carbonyl (C=O) groups is 1. The highest BCUT2D eigenvalue weighted by atomic mass is 32.2. The van der Waals surface area contributed by atoms with Crippen LogP contribution in [0.5, 0.6) is 0 Å². The van der Waals surface area contributed by atoms with E-state index in [-0.39, 0.29) is 17.1 Å². The lowest BCUT2D eigenvalue weighted by Crippen LogP contribution is -2.23. The van der Waals surface area contributed by atoms with Crippen LogP contribution in [0.4, 0.5) is 0 Å². The molecule has 0 aliphatic rings. The summed E-state index contributed by atoms with van der Waals surface area (Å²) in [5.74, 6) is 0.691. The van der Waals surface area contributed by atoms with Crippen molar-refractivity contribution < 1.29 is 4.79 Å². The normalized spacial score (nSPS) is 11.4. The smallest absolute Gasteiger partial charge is 0.267 e. The van der Waals surface area contributed by atoms with E-state index in [0.29, 0.717) is 21.9 Å². The van der Waals surface area contributed by atoms with Crippen molar-refractivity contribution in [2.24, 2.45) is 0 Å². The number of thioether (sulfide) groups is 1. The van der Waals surface area contributed by atoms with Gasteiger partial charge < -0.3 is 0 Å². The lowest BCUT2D eigenvalue weighted by Gasteiger charge is -2.15. The molecule has 0 bridgehead atoms. The fraction of sp³-hybridized carbons (Fsp3) is 0.185. The number of para-hydroxylation sites is 2. The molecular formula is C27H24N4O2S. The molecule has 5 rings (SSSR count). The summed E-state index contributed by atoms with van der Waals surface area (Å²) in [4.78, 5) is 26.6. The molecule has 0 aliphatic heterocycles. The summed E-state index contributed by atoms with van der Waals surface area (Å²) >= 11 is 1.33. The predicted molar refractivity (Wildman–Crippen MR) is 137 cm³/mol. The van der Waals surface area contributed by atoms with Gasteiger partial charge in [-0.2, -0.15) is 0 Å². The van der Waals surface area contributed by atoms with Gasteiger partial charge in [0, 0.05) is 5.56 Å². The summed E-state index contributed by atoms with van der Waals surface area (Å²) in [7, 11) is 0. The zero-order valence-corrected chi connectivity index (χ0v) is 20.3. The maximum absolute atomic E-state index is 13.6. The zero-order valence-electron chi connectivity index (χ0n) is 19.5. The first kappa shape index (κ1) is 22.1. The second-order valence-electron chi connectivity index (χ2n) is 8.55. The molecule has 3 aromatic carbocycles. The number of rotatable bonds is 5. The van der Waals surface area contributed by atoms with Gasteiger partial charge in [-0.15, -0.1) is 10.2 Å². The first-order chi connectivity index (χ1) is 16.4. The number of Topliss-reactive ketones (excluding diaryl/α,β-unsaturated/α-hetero) is 1. The highest BCUT2D eigenvalue weighted by Crippen LogP contribution is 2.26. The third-order valence-corrected chi connectivity index (χ3v) is 7.00. The Bertz CT molecular complexity index is 1630. The summed E-state index contributed by atoms with van der Waals surface area (Å²) < 4.78 is 3.51. The SMILES string of the molecule is Cc1ccc(C(=O)CSc2nnc3n(-c4c(C)cccc4C)c(=O)c4ccccc4n23)c(C)c1. The summed E-state index contributed by atoms with van der Waals surface area (Å²) in [6.07, 6.45) is 0. The molecule has 0 radical (unpaired) electrons. The van der Waals surface area contributed by atoms with Crippen molar-refractivity contribution in [3.8, 4) is 5.69 Å². The number of nitrogens with zero attached hydrogens (tertiary/aromatic N) is 4. The molecule has 0 atom stereocenters. The van der Waals surface area contributed by atoms with Crippen molar-refractivity contribution in [1.29, 1.82) is 0 Å². The minimum atomic E-state index is -0.143. The predicted octanol–water partition coefficient (Wildman–Crippen LogP) is 5.24. The first-order valence-corrected chi connectivity index (χ1v) is 12.0. The summed E-state index contributed by atoms with van der Waals surface area (Å²) in [6, 6.07) is 19.2. The van der Waals surface area contributed by atoms with E-state index in [9.17, 15) is 9.59 Å². The van der Waals surface area contributed by atoms with Crippen LogP contribution in [0, 0.1) is 27.7 Å². The Morgan fingerprint density at radius 3 is 2.35 bits per heavy atom. The van der Waals surface area contributed by atoms with E-state index in [1.807, 2.05) is 92.8 Å². The van der Waals surface area contributed by atoms with Crippen LogP contribution in [0.1, 0.15) is 32.6 Å². The summed E-state index contributed by atoms with van der Waals surface area (Å²) in [5.41, 5.74) is 6.13. The van der Waals surface area contributed by atoms with Gasteiger partial charge in [-0.3, -0.25) is 14.0 Å². The van der Waals surface area contributed by atoms with Gasteiger partial charge in [-0.05, 0) is 56.5 Å². The van der Waals surface area contributed by atoms with Crippen molar-refractivity contribution in [2.75, 3.05) is 5.75 Å². The molecule has 0 N–H and O–H groups in total. The van der Waals surface area contributed by atoms with Crippen LogP contribution in [0.25, 0.3) is 22.4 Å². The van der Waals surface area contributed by atoms with Gasteiger partial charge in [0.25, 0.3) is 5.56 Å². The summed E-state index contributed by atoms with van der Waals surface area (Å²) in [6.45, 7) is 7.93. The molecule has 0 spiro atoms. The van der Waals surface area contributed by atoms with E-state index < -0.39 is 0 Å². The number of benzene rings is 3. The fourth-order valence-corrected chi connectivity index (χ4v) is 5.29. The Balaban J connectivity index is 1.66. The second kappa shape index (κ2) is 8.57. The third kappa shape index (κ3) is 3.62. The van der Waals surface area contributed by atoms with Crippen LogP contribution < -0.4 is 5.56 Å². The van der Waals surface area contributed by atoms with Crippen LogP contribution in [0.3, 0.4) is 0 Å². The minimum Gasteiger partial charge on any atom is -0.293 e. The van der Waals surface area contributed by atoms with Gasteiger partial charge in [-0.1, -0.05) is 65.9 Å².